The molecule has 1 nitrogen and oxygen atoms in total. The molecule has 0 unspecified atom stereocenters. The molecule has 0 heterocycles. The van der Waals surface area contributed by atoms with E-state index in [1.807, 2.05) is 0 Å². The monoisotopic (exact) mass is 142 g/mol. The fourth-order valence-corrected chi connectivity index (χ4v) is 0.439. The molecule has 0 radical (unpaired) electrons. The van der Waals surface area contributed by atoms with E-state index in [4.69, 9.17) is 4.74 Å². The summed E-state index contributed by atoms with van der Waals surface area (Å²) >= 11 is 0. The van der Waals surface area contributed by atoms with Crippen molar-refractivity contribution in [1.29, 1.82) is 0 Å². The number of ether oxygens (including phenoxy) is 1. The van der Waals surface area contributed by atoms with Crippen molar-refractivity contribution < 1.29 is 9.13 Å². The number of methoxy groups -OCH3 is 1. The lowest BCUT2D eigenvalue weighted by Gasteiger charge is -2.02. The van der Waals surface area contributed by atoms with E-state index in [-0.39, 0.29) is 0 Å². The molecule has 0 aromatic rings. The van der Waals surface area contributed by atoms with Gasteiger partial charge in [0.1, 0.15) is 11.6 Å². The van der Waals surface area contributed by atoms with E-state index < -0.39 is 5.83 Å². The first-order valence-corrected chi connectivity index (χ1v) is 2.85. The van der Waals surface area contributed by atoms with Crippen molar-refractivity contribution in [3.63, 3.8) is 0 Å². The van der Waals surface area contributed by atoms with Crippen LogP contribution in [-0.2, 0) is 4.74 Å². The smallest absolute Gasteiger partial charge is 0.129 e. The van der Waals surface area contributed by atoms with E-state index >= 15 is 0 Å². The molecule has 0 amide bonds. The summed E-state index contributed by atoms with van der Waals surface area (Å²) < 4.78 is 17.3. The first-order valence-electron chi connectivity index (χ1n) is 2.85. The minimum absolute atomic E-state index is 0.331. The van der Waals surface area contributed by atoms with Crippen LogP contribution in [0.3, 0.4) is 0 Å². The van der Waals surface area contributed by atoms with Crippen LogP contribution >= 0.6 is 0 Å². The van der Waals surface area contributed by atoms with E-state index in [2.05, 4.69) is 13.2 Å². The Morgan fingerprint density at radius 3 is 2.40 bits per heavy atom. The van der Waals surface area contributed by atoms with Crippen LogP contribution in [0.1, 0.15) is 6.92 Å². The van der Waals surface area contributed by atoms with Crippen molar-refractivity contribution in [3.05, 3.63) is 36.4 Å². The number of halogens is 1. The maximum Gasteiger partial charge on any atom is 0.129 e. The summed E-state index contributed by atoms with van der Waals surface area (Å²) in [5, 5.41) is 0. The number of hydrogen-bond donors (Lipinski definition) is 0. The van der Waals surface area contributed by atoms with Crippen molar-refractivity contribution in [2.75, 3.05) is 7.11 Å². The van der Waals surface area contributed by atoms with Gasteiger partial charge in [-0.1, -0.05) is 13.2 Å². The Morgan fingerprint density at radius 2 is 2.10 bits per heavy atom. The fraction of sp³-hybridized carbons (Fsp3) is 0.250. The fourth-order valence-electron chi connectivity index (χ4n) is 0.439. The molecular formula is C8H11FO. The van der Waals surface area contributed by atoms with Gasteiger partial charge in [-0.2, -0.15) is 0 Å². The maximum atomic E-state index is 12.6. The molecule has 0 saturated carbocycles. The molecule has 56 valence electrons. The number of allylic oxidation sites excluding steroid dienone is 3. The number of rotatable bonds is 3. The first-order chi connectivity index (χ1) is 4.63. The van der Waals surface area contributed by atoms with Crippen LogP contribution in [0.4, 0.5) is 4.39 Å². The second-order valence-corrected chi connectivity index (χ2v) is 1.80. The zero-order chi connectivity index (χ0) is 8.15. The standard InChI is InChI=1S/C8H11FO/c1-5-8(9)6(2)7(3)10-4/h5H,1,3H2,2,4H3. The van der Waals surface area contributed by atoms with Crippen LogP contribution in [0, 0.1) is 0 Å². The Morgan fingerprint density at radius 1 is 1.60 bits per heavy atom. The Balaban J connectivity index is 4.45. The molecule has 0 fully saturated rings. The molecule has 0 bridgehead atoms. The van der Waals surface area contributed by atoms with E-state index in [1.54, 1.807) is 6.92 Å². The van der Waals surface area contributed by atoms with E-state index in [1.165, 1.54) is 7.11 Å². The predicted octanol–water partition coefficient (Wildman–Crippen LogP) is 2.58. The summed E-state index contributed by atoms with van der Waals surface area (Å²) in [5.41, 5.74) is 0.387. The van der Waals surface area contributed by atoms with Crippen LogP contribution < -0.4 is 0 Å². The molecule has 0 atom stereocenters. The highest BCUT2D eigenvalue weighted by Crippen LogP contribution is 2.14. The van der Waals surface area contributed by atoms with E-state index in [0.29, 0.717) is 11.3 Å². The lowest BCUT2D eigenvalue weighted by molar-refractivity contribution is 0.300. The minimum atomic E-state index is -0.396. The van der Waals surface area contributed by atoms with Gasteiger partial charge in [0.15, 0.2) is 0 Å². The lowest BCUT2D eigenvalue weighted by atomic mass is 10.2. The maximum absolute atomic E-state index is 12.6. The SMILES string of the molecule is C=CC(F)=C(C)C(=C)OC. The average Bonchev–Trinajstić information content (AvgIpc) is 2.00. The molecule has 0 aliphatic rings. The Bertz CT molecular complexity index is 180. The summed E-state index contributed by atoms with van der Waals surface area (Å²) in [6, 6.07) is 0. The normalized spacial score (nSPS) is 11.9. The summed E-state index contributed by atoms with van der Waals surface area (Å²) in [4.78, 5) is 0. The molecule has 10 heavy (non-hydrogen) atoms. The zero-order valence-corrected chi connectivity index (χ0v) is 6.28. The second-order valence-electron chi connectivity index (χ2n) is 1.80. The van der Waals surface area contributed by atoms with Crippen molar-refractivity contribution in [2.24, 2.45) is 0 Å². The summed E-state index contributed by atoms with van der Waals surface area (Å²) in [5.74, 6) is -0.0655. The highest BCUT2D eigenvalue weighted by atomic mass is 19.1. The molecule has 0 rings (SSSR count). The average molecular weight is 142 g/mol. The van der Waals surface area contributed by atoms with Crippen molar-refractivity contribution >= 4 is 0 Å². The van der Waals surface area contributed by atoms with Crippen LogP contribution in [-0.4, -0.2) is 7.11 Å². The van der Waals surface area contributed by atoms with Gasteiger partial charge in [-0.25, -0.2) is 4.39 Å². The molecule has 0 aliphatic carbocycles. The molecule has 0 spiro atoms. The van der Waals surface area contributed by atoms with Gasteiger partial charge in [0, 0.05) is 5.57 Å². The molecular weight excluding hydrogens is 131 g/mol. The first kappa shape index (κ1) is 8.95. The molecule has 0 aliphatic heterocycles. The van der Waals surface area contributed by atoms with Crippen molar-refractivity contribution in [3.8, 4) is 0 Å². The predicted molar refractivity (Wildman–Crippen MR) is 40.2 cm³/mol. The molecule has 0 N–H and O–H groups in total. The van der Waals surface area contributed by atoms with Gasteiger partial charge >= 0.3 is 0 Å². The van der Waals surface area contributed by atoms with Gasteiger partial charge in [0.05, 0.1) is 7.11 Å². The van der Waals surface area contributed by atoms with Crippen LogP contribution in [0.25, 0.3) is 0 Å². The van der Waals surface area contributed by atoms with Gasteiger partial charge in [-0.15, -0.1) is 0 Å². The molecule has 2 heteroatoms. The van der Waals surface area contributed by atoms with E-state index in [9.17, 15) is 4.39 Å². The minimum Gasteiger partial charge on any atom is -0.497 e. The highest BCUT2D eigenvalue weighted by Gasteiger charge is 2.00. The highest BCUT2D eigenvalue weighted by molar-refractivity contribution is 5.28. The number of hydrogen-bond acceptors (Lipinski definition) is 1. The Hall–Kier alpha value is -1.05. The third-order valence-electron chi connectivity index (χ3n) is 1.20. The van der Waals surface area contributed by atoms with Crippen LogP contribution in [0.2, 0.25) is 0 Å². The summed E-state index contributed by atoms with van der Waals surface area (Å²) in [6.45, 7) is 8.33. The van der Waals surface area contributed by atoms with Gasteiger partial charge in [-0.05, 0) is 13.0 Å². The van der Waals surface area contributed by atoms with Gasteiger partial charge in [0.25, 0.3) is 0 Å². The topological polar surface area (TPSA) is 9.23 Å². The van der Waals surface area contributed by atoms with Crippen molar-refractivity contribution in [2.45, 2.75) is 6.92 Å². The third-order valence-corrected chi connectivity index (χ3v) is 1.20. The van der Waals surface area contributed by atoms with Crippen molar-refractivity contribution in [1.82, 2.24) is 0 Å². The Labute approximate surface area is 60.5 Å². The molecule has 0 aromatic heterocycles. The van der Waals surface area contributed by atoms with Crippen LogP contribution in [0.5, 0.6) is 0 Å². The Kier molecular flexibility index (Phi) is 3.47. The summed E-state index contributed by atoms with van der Waals surface area (Å²) in [7, 11) is 1.45. The van der Waals surface area contributed by atoms with Gasteiger partial charge in [0.2, 0.25) is 0 Å². The largest absolute Gasteiger partial charge is 0.497 e. The molecule has 0 saturated heterocycles. The van der Waals surface area contributed by atoms with Crippen LogP contribution in [0.15, 0.2) is 36.4 Å². The third kappa shape index (κ3) is 2.05. The summed E-state index contributed by atoms with van der Waals surface area (Å²) in [6.07, 6.45) is 1.12. The lowest BCUT2D eigenvalue weighted by Crippen LogP contribution is -1.87. The second kappa shape index (κ2) is 3.88. The van der Waals surface area contributed by atoms with E-state index in [0.717, 1.165) is 6.08 Å². The molecule has 0 aromatic carbocycles. The van der Waals surface area contributed by atoms with Gasteiger partial charge < -0.3 is 4.74 Å². The van der Waals surface area contributed by atoms with Gasteiger partial charge in [-0.3, -0.25) is 0 Å². The zero-order valence-electron chi connectivity index (χ0n) is 6.28. The quantitative estimate of drug-likeness (QED) is 0.434.